The number of carbonyl (C=O) groups is 3. The van der Waals surface area contributed by atoms with Gasteiger partial charge in [0.1, 0.15) is 0 Å². The van der Waals surface area contributed by atoms with E-state index in [-0.39, 0.29) is 18.2 Å². The highest BCUT2D eigenvalue weighted by Crippen LogP contribution is 2.02. The first-order valence-electron chi connectivity index (χ1n) is 6.54. The zero-order valence-electron chi connectivity index (χ0n) is 12.4. The molecule has 116 valence electrons. The standard InChI is InChI=1S/C12H25N5O3/c1-7(2)5-8(13)11(19)17-16-10(18)6-9(14-3)12(20)15-4/h7-9,14H,5-6,13H2,1-4H3,(H,15,20)(H,16,18)(H,17,19). The summed E-state index contributed by atoms with van der Waals surface area (Å²) in [6.07, 6.45) is 0.439. The number of nitrogens with one attached hydrogen (secondary N) is 4. The van der Waals surface area contributed by atoms with Crippen LogP contribution in [-0.2, 0) is 14.4 Å². The predicted octanol–water partition coefficient (Wildman–Crippen LogP) is -1.77. The maximum Gasteiger partial charge on any atom is 0.255 e. The van der Waals surface area contributed by atoms with E-state index >= 15 is 0 Å². The lowest BCUT2D eigenvalue weighted by Gasteiger charge is -2.16. The molecule has 0 fully saturated rings. The summed E-state index contributed by atoms with van der Waals surface area (Å²) in [7, 11) is 3.06. The highest BCUT2D eigenvalue weighted by Gasteiger charge is 2.20. The Balaban J connectivity index is 4.15. The van der Waals surface area contributed by atoms with Crippen LogP contribution in [0.1, 0.15) is 26.7 Å². The molecule has 20 heavy (non-hydrogen) atoms. The maximum atomic E-state index is 11.6. The lowest BCUT2D eigenvalue weighted by atomic mass is 10.0. The lowest BCUT2D eigenvalue weighted by molar-refractivity contribution is -0.131. The molecule has 0 aromatic heterocycles. The molecule has 0 bridgehead atoms. The topological polar surface area (TPSA) is 125 Å². The summed E-state index contributed by atoms with van der Waals surface area (Å²) < 4.78 is 0. The third-order valence-corrected chi connectivity index (χ3v) is 2.69. The van der Waals surface area contributed by atoms with Crippen LogP contribution in [-0.4, -0.2) is 43.9 Å². The first kappa shape index (κ1) is 18.3. The van der Waals surface area contributed by atoms with Crippen molar-refractivity contribution in [3.63, 3.8) is 0 Å². The van der Waals surface area contributed by atoms with Crippen LogP contribution >= 0.6 is 0 Å². The summed E-state index contributed by atoms with van der Waals surface area (Å²) in [4.78, 5) is 34.6. The van der Waals surface area contributed by atoms with Crippen molar-refractivity contribution in [2.75, 3.05) is 14.1 Å². The van der Waals surface area contributed by atoms with Crippen molar-refractivity contribution < 1.29 is 14.4 Å². The Kier molecular flexibility index (Phi) is 8.49. The van der Waals surface area contributed by atoms with Crippen LogP contribution < -0.4 is 27.2 Å². The number of hydrogen-bond donors (Lipinski definition) is 5. The third-order valence-electron chi connectivity index (χ3n) is 2.69. The number of amides is 3. The first-order chi connectivity index (χ1) is 9.31. The number of likely N-dealkylation sites (N-methyl/N-ethyl adjacent to an activating group) is 2. The average molecular weight is 287 g/mol. The van der Waals surface area contributed by atoms with E-state index in [0.717, 1.165) is 0 Å². The average Bonchev–Trinajstić information content (AvgIpc) is 2.40. The zero-order chi connectivity index (χ0) is 15.7. The fraction of sp³-hybridized carbons (Fsp3) is 0.750. The van der Waals surface area contributed by atoms with E-state index in [1.807, 2.05) is 13.8 Å². The van der Waals surface area contributed by atoms with Gasteiger partial charge in [-0.15, -0.1) is 0 Å². The van der Waals surface area contributed by atoms with E-state index in [9.17, 15) is 14.4 Å². The number of carbonyl (C=O) groups excluding carboxylic acids is 3. The Morgan fingerprint density at radius 2 is 1.65 bits per heavy atom. The Bertz CT molecular complexity index is 346. The van der Waals surface area contributed by atoms with Gasteiger partial charge in [0.05, 0.1) is 18.5 Å². The molecule has 0 heterocycles. The van der Waals surface area contributed by atoms with Gasteiger partial charge in [0.2, 0.25) is 11.8 Å². The Morgan fingerprint density at radius 3 is 2.10 bits per heavy atom. The van der Waals surface area contributed by atoms with Crippen LogP contribution in [0.15, 0.2) is 0 Å². The zero-order valence-corrected chi connectivity index (χ0v) is 12.4. The van der Waals surface area contributed by atoms with Gasteiger partial charge >= 0.3 is 0 Å². The summed E-state index contributed by atoms with van der Waals surface area (Å²) in [6, 6.07) is -1.32. The van der Waals surface area contributed by atoms with Gasteiger partial charge in [0.25, 0.3) is 5.91 Å². The molecule has 2 unspecified atom stereocenters. The summed E-state index contributed by atoms with van der Waals surface area (Å²) in [5, 5.41) is 5.15. The fourth-order valence-corrected chi connectivity index (χ4v) is 1.58. The van der Waals surface area contributed by atoms with Crippen LogP contribution in [0, 0.1) is 5.92 Å². The summed E-state index contributed by atoms with van der Waals surface area (Å²) >= 11 is 0. The second-order valence-corrected chi connectivity index (χ2v) is 4.93. The summed E-state index contributed by atoms with van der Waals surface area (Å²) in [5.74, 6) is -0.940. The fourth-order valence-electron chi connectivity index (χ4n) is 1.58. The van der Waals surface area contributed by atoms with Crippen molar-refractivity contribution in [1.82, 2.24) is 21.5 Å². The SMILES string of the molecule is CNC(=O)C(CC(=O)NNC(=O)C(N)CC(C)C)NC. The van der Waals surface area contributed by atoms with Crippen LogP contribution in [0.4, 0.5) is 0 Å². The molecule has 6 N–H and O–H groups in total. The summed E-state index contributed by atoms with van der Waals surface area (Å²) in [5.41, 5.74) is 10.2. The Labute approximate surface area is 119 Å². The number of nitrogens with two attached hydrogens (primary N) is 1. The van der Waals surface area contributed by atoms with Crippen molar-refractivity contribution in [3.8, 4) is 0 Å². The van der Waals surface area contributed by atoms with Crippen LogP contribution in [0.2, 0.25) is 0 Å². The molecule has 0 aromatic rings. The van der Waals surface area contributed by atoms with E-state index in [1.54, 1.807) is 7.05 Å². The molecule has 0 rings (SSSR count). The minimum absolute atomic E-state index is 0.0874. The van der Waals surface area contributed by atoms with Crippen LogP contribution in [0.5, 0.6) is 0 Å². The molecule has 0 aliphatic heterocycles. The largest absolute Gasteiger partial charge is 0.358 e. The lowest BCUT2D eigenvalue weighted by Crippen LogP contribution is -2.51. The van der Waals surface area contributed by atoms with Crippen molar-refractivity contribution in [1.29, 1.82) is 0 Å². The van der Waals surface area contributed by atoms with Gasteiger partial charge < -0.3 is 16.4 Å². The van der Waals surface area contributed by atoms with Crippen molar-refractivity contribution in [2.24, 2.45) is 11.7 Å². The molecular weight excluding hydrogens is 262 g/mol. The number of hydrogen-bond acceptors (Lipinski definition) is 5. The normalized spacial score (nSPS) is 13.5. The van der Waals surface area contributed by atoms with Crippen molar-refractivity contribution >= 4 is 17.7 Å². The highest BCUT2D eigenvalue weighted by atomic mass is 16.2. The van der Waals surface area contributed by atoms with Gasteiger partial charge in [-0.2, -0.15) is 0 Å². The van der Waals surface area contributed by atoms with Gasteiger partial charge in [0, 0.05) is 7.05 Å². The molecule has 0 saturated heterocycles. The molecule has 8 heteroatoms. The minimum Gasteiger partial charge on any atom is -0.358 e. The molecular formula is C12H25N5O3. The summed E-state index contributed by atoms with van der Waals surface area (Å²) in [6.45, 7) is 3.90. The molecule has 0 aliphatic carbocycles. The van der Waals surface area contributed by atoms with E-state index in [1.165, 1.54) is 7.05 Å². The molecule has 0 aliphatic rings. The van der Waals surface area contributed by atoms with Crippen LogP contribution in [0.3, 0.4) is 0 Å². The molecule has 8 nitrogen and oxygen atoms in total. The first-order valence-corrected chi connectivity index (χ1v) is 6.54. The van der Waals surface area contributed by atoms with E-state index < -0.39 is 23.9 Å². The highest BCUT2D eigenvalue weighted by molar-refractivity contribution is 5.89. The second-order valence-electron chi connectivity index (χ2n) is 4.93. The second kappa shape index (κ2) is 9.27. The van der Waals surface area contributed by atoms with E-state index in [2.05, 4.69) is 21.5 Å². The molecule has 0 aromatic carbocycles. The molecule has 2 atom stereocenters. The predicted molar refractivity (Wildman–Crippen MR) is 75.2 cm³/mol. The van der Waals surface area contributed by atoms with Gasteiger partial charge in [0.15, 0.2) is 0 Å². The quantitative estimate of drug-likeness (QED) is 0.354. The van der Waals surface area contributed by atoms with Gasteiger partial charge in [-0.25, -0.2) is 0 Å². The Morgan fingerprint density at radius 1 is 1.05 bits per heavy atom. The van der Waals surface area contributed by atoms with Gasteiger partial charge in [-0.05, 0) is 19.4 Å². The number of hydrazine groups is 1. The smallest absolute Gasteiger partial charge is 0.255 e. The molecule has 0 spiro atoms. The monoisotopic (exact) mass is 287 g/mol. The van der Waals surface area contributed by atoms with Crippen molar-refractivity contribution in [3.05, 3.63) is 0 Å². The molecule has 0 saturated carbocycles. The molecule has 0 radical (unpaired) electrons. The van der Waals surface area contributed by atoms with Crippen molar-refractivity contribution in [2.45, 2.75) is 38.8 Å². The van der Waals surface area contributed by atoms with Crippen LogP contribution in [0.25, 0.3) is 0 Å². The third kappa shape index (κ3) is 7.05. The van der Waals surface area contributed by atoms with Gasteiger partial charge in [-0.3, -0.25) is 25.2 Å². The van der Waals surface area contributed by atoms with E-state index in [0.29, 0.717) is 6.42 Å². The Hall–Kier alpha value is -1.67. The van der Waals surface area contributed by atoms with E-state index in [4.69, 9.17) is 5.73 Å². The minimum atomic E-state index is -0.672. The van der Waals surface area contributed by atoms with Gasteiger partial charge in [-0.1, -0.05) is 13.8 Å². The number of rotatable bonds is 7. The molecule has 3 amide bonds. The maximum absolute atomic E-state index is 11.6.